The van der Waals surface area contributed by atoms with E-state index in [0.717, 1.165) is 28.7 Å². The molecule has 0 heterocycles. The molecule has 4 N–H and O–H groups in total. The lowest BCUT2D eigenvalue weighted by molar-refractivity contribution is 0.470. The van der Waals surface area contributed by atoms with Gasteiger partial charge in [-0.15, -0.1) is 0 Å². The average Bonchev–Trinajstić information content (AvgIpc) is 2.89. The molecule has 0 atom stereocenters. The normalized spacial score (nSPS) is 11.3. The molecular weight excluding hydrogens is 726 g/mol. The lowest BCUT2D eigenvalue weighted by atomic mass is 9.78. The van der Waals surface area contributed by atoms with Crippen molar-refractivity contribution in [2.45, 2.75) is 38.5 Å². The Balaban J connectivity index is 0.000000222. The van der Waals surface area contributed by atoms with Gasteiger partial charge in [-0.05, 0) is 109 Å². The third-order valence-corrected chi connectivity index (χ3v) is 9.05. The molecule has 0 saturated heterocycles. The summed E-state index contributed by atoms with van der Waals surface area (Å²) < 4.78 is 1.35. The maximum atomic E-state index is 9.64. The zero-order chi connectivity index (χ0) is 29.9. The summed E-state index contributed by atoms with van der Waals surface area (Å²) in [5.74, 6) is 0.117. The first-order chi connectivity index (χ1) is 18.7. The van der Waals surface area contributed by atoms with Crippen molar-refractivity contribution >= 4 is 78.3 Å². The van der Waals surface area contributed by atoms with Gasteiger partial charge in [-0.3, -0.25) is 0 Å². The van der Waals surface area contributed by atoms with Gasteiger partial charge in [-0.1, -0.05) is 79.3 Å². The highest BCUT2D eigenvalue weighted by Gasteiger charge is 2.24. The number of halogens is 6. The van der Waals surface area contributed by atoms with E-state index in [1.165, 1.54) is 0 Å². The molecular formula is C30H26Br2Cl4O4. The van der Waals surface area contributed by atoms with Crippen LogP contribution in [0.5, 0.6) is 23.0 Å². The second kappa shape index (κ2) is 13.5. The summed E-state index contributed by atoms with van der Waals surface area (Å²) in [5, 5.41) is 39.2. The quantitative estimate of drug-likeness (QED) is 0.164. The molecule has 4 rings (SSSR count). The summed E-state index contributed by atoms with van der Waals surface area (Å²) in [4.78, 5) is 0. The minimum absolute atomic E-state index is 0.0591. The third kappa shape index (κ3) is 7.33. The van der Waals surface area contributed by atoms with Crippen LogP contribution in [-0.2, 0) is 5.41 Å². The average molecular weight is 752 g/mol. The molecule has 0 radical (unpaired) electrons. The van der Waals surface area contributed by atoms with E-state index in [2.05, 4.69) is 45.7 Å². The molecule has 0 fully saturated rings. The van der Waals surface area contributed by atoms with Crippen LogP contribution in [0.4, 0.5) is 0 Å². The van der Waals surface area contributed by atoms with Crippen LogP contribution in [-0.4, -0.2) is 20.4 Å². The minimum Gasteiger partial charge on any atom is -0.507 e. The van der Waals surface area contributed by atoms with Gasteiger partial charge in [-0.25, -0.2) is 0 Å². The second-order valence-corrected chi connectivity index (χ2v) is 12.9. The lowest BCUT2D eigenvalue weighted by Crippen LogP contribution is -2.18. The van der Waals surface area contributed by atoms with Crippen molar-refractivity contribution in [1.82, 2.24) is 0 Å². The Morgan fingerprint density at radius 1 is 0.625 bits per heavy atom. The monoisotopic (exact) mass is 748 g/mol. The molecule has 0 bridgehead atoms. The number of hydrogen-bond acceptors (Lipinski definition) is 4. The van der Waals surface area contributed by atoms with Gasteiger partial charge in [0.25, 0.3) is 0 Å². The zero-order valence-corrected chi connectivity index (χ0v) is 27.8. The Hall–Kier alpha value is -1.80. The molecule has 0 spiro atoms. The van der Waals surface area contributed by atoms with Crippen LogP contribution in [0.3, 0.4) is 0 Å². The maximum Gasteiger partial charge on any atom is 0.152 e. The summed E-state index contributed by atoms with van der Waals surface area (Å²) in [6, 6.07) is 17.6. The molecule has 0 aliphatic carbocycles. The predicted molar refractivity (Wildman–Crippen MR) is 172 cm³/mol. The number of benzene rings is 4. The van der Waals surface area contributed by atoms with Crippen LogP contribution in [0.1, 0.15) is 55.4 Å². The number of phenols is 4. The molecule has 0 aliphatic heterocycles. The number of aromatic hydroxyl groups is 4. The smallest absolute Gasteiger partial charge is 0.152 e. The maximum absolute atomic E-state index is 9.64. The van der Waals surface area contributed by atoms with Gasteiger partial charge in [0.15, 0.2) is 11.5 Å². The third-order valence-electron chi connectivity index (χ3n) is 6.63. The van der Waals surface area contributed by atoms with E-state index in [1.54, 1.807) is 36.4 Å². The molecule has 40 heavy (non-hydrogen) atoms. The van der Waals surface area contributed by atoms with Crippen molar-refractivity contribution < 1.29 is 20.4 Å². The van der Waals surface area contributed by atoms with Gasteiger partial charge >= 0.3 is 0 Å². The zero-order valence-electron chi connectivity index (χ0n) is 21.6. The first-order valence-corrected chi connectivity index (χ1v) is 15.1. The fourth-order valence-electron chi connectivity index (χ4n) is 4.19. The van der Waals surface area contributed by atoms with Gasteiger partial charge in [0.1, 0.15) is 11.5 Å². The van der Waals surface area contributed by atoms with Crippen LogP contribution in [0, 0.1) is 0 Å². The van der Waals surface area contributed by atoms with Gasteiger partial charge < -0.3 is 20.4 Å². The Bertz CT molecular complexity index is 1390. The van der Waals surface area contributed by atoms with Gasteiger partial charge in [0.05, 0.1) is 29.0 Å². The highest BCUT2D eigenvalue weighted by Crippen LogP contribution is 2.42. The van der Waals surface area contributed by atoms with E-state index >= 15 is 0 Å². The molecule has 0 aliphatic rings. The van der Waals surface area contributed by atoms with Crippen molar-refractivity contribution in [2.24, 2.45) is 0 Å². The van der Waals surface area contributed by atoms with E-state index in [9.17, 15) is 20.4 Å². The number of phenolic OH excluding ortho intramolecular Hbond substituents is 4. The first kappa shape index (κ1) is 32.7. The van der Waals surface area contributed by atoms with Crippen LogP contribution < -0.4 is 0 Å². The lowest BCUT2D eigenvalue weighted by Gasteiger charge is -2.27. The van der Waals surface area contributed by atoms with E-state index in [1.807, 2.05) is 31.2 Å². The topological polar surface area (TPSA) is 80.9 Å². The van der Waals surface area contributed by atoms with E-state index < -0.39 is 0 Å². The molecule has 4 aromatic rings. The minimum atomic E-state index is -0.230. The Morgan fingerprint density at radius 3 is 1.23 bits per heavy atom. The molecule has 0 unspecified atom stereocenters. The van der Waals surface area contributed by atoms with Gasteiger partial charge in [0, 0.05) is 11.3 Å². The first-order valence-electron chi connectivity index (χ1n) is 12.0. The summed E-state index contributed by atoms with van der Waals surface area (Å²) >= 11 is 30.6. The number of rotatable bonds is 5. The Kier molecular flexibility index (Phi) is 11.0. The van der Waals surface area contributed by atoms with Crippen molar-refractivity contribution in [3.05, 3.63) is 112 Å². The van der Waals surface area contributed by atoms with Crippen LogP contribution in [0.2, 0.25) is 20.1 Å². The van der Waals surface area contributed by atoms with Crippen molar-refractivity contribution in [3.63, 3.8) is 0 Å². The molecule has 10 heteroatoms. The number of hydrogen-bond donors (Lipinski definition) is 4. The van der Waals surface area contributed by atoms with E-state index in [4.69, 9.17) is 46.4 Å². The van der Waals surface area contributed by atoms with E-state index in [-0.39, 0.29) is 54.4 Å². The molecule has 212 valence electrons. The second-order valence-electron chi connectivity index (χ2n) is 9.58. The van der Waals surface area contributed by atoms with Gasteiger partial charge in [-0.2, -0.15) is 0 Å². The fraction of sp³-hybridized carbons (Fsp3) is 0.200. The van der Waals surface area contributed by atoms with Crippen LogP contribution in [0.15, 0.2) is 69.6 Å². The van der Waals surface area contributed by atoms with E-state index in [0.29, 0.717) is 8.95 Å². The van der Waals surface area contributed by atoms with Crippen molar-refractivity contribution in [1.29, 1.82) is 0 Å². The van der Waals surface area contributed by atoms with Crippen LogP contribution >= 0.6 is 78.3 Å². The standard InChI is InChI=1S/C15H14Br2O2.C15H12Cl4O2/c1-15(2,9-3-5-13(18)11(16)7-9)10-4-6-14(19)12(17)8-10;1-2-9(7-3-10(16)14(20)11(17)4-7)8-5-12(18)15(21)13(19)6-8/h3-8,18-19H,1-2H3;3-6,9,20-21H,2H2,1H3. The predicted octanol–water partition coefficient (Wildman–Crippen LogP) is 11.2. The molecule has 4 nitrogen and oxygen atoms in total. The highest BCUT2D eigenvalue weighted by atomic mass is 79.9. The molecule has 0 aromatic heterocycles. The molecule has 0 amide bonds. The Labute approximate surface area is 270 Å². The summed E-state index contributed by atoms with van der Waals surface area (Å²) in [6.07, 6.45) is 0.745. The summed E-state index contributed by atoms with van der Waals surface area (Å²) in [5.41, 5.74) is 3.60. The Morgan fingerprint density at radius 2 is 0.950 bits per heavy atom. The summed E-state index contributed by atoms with van der Waals surface area (Å²) in [7, 11) is 0. The highest BCUT2D eigenvalue weighted by molar-refractivity contribution is 9.10. The largest absolute Gasteiger partial charge is 0.507 e. The summed E-state index contributed by atoms with van der Waals surface area (Å²) in [6.45, 7) is 6.20. The van der Waals surface area contributed by atoms with Gasteiger partial charge in [0.2, 0.25) is 0 Å². The SMILES string of the molecule is CC(C)(c1ccc(O)c(Br)c1)c1ccc(O)c(Br)c1.CCC(c1cc(Cl)c(O)c(Cl)c1)c1cc(Cl)c(O)c(Cl)c1. The fourth-order valence-corrected chi connectivity index (χ4v) is 5.96. The van der Waals surface area contributed by atoms with Crippen molar-refractivity contribution in [3.8, 4) is 23.0 Å². The van der Waals surface area contributed by atoms with Crippen molar-refractivity contribution in [2.75, 3.05) is 0 Å². The molecule has 4 aromatic carbocycles. The van der Waals surface area contributed by atoms with Crippen LogP contribution in [0.25, 0.3) is 0 Å². The molecule has 0 saturated carbocycles.